The largest absolute Gasteiger partial charge is 0.378 e. The van der Waals surface area contributed by atoms with Gasteiger partial charge in [0, 0.05) is 25.0 Å². The minimum atomic E-state index is -0.276. The van der Waals surface area contributed by atoms with Crippen molar-refractivity contribution in [3.8, 4) is 0 Å². The second-order valence-corrected chi connectivity index (χ2v) is 7.78. The molecular weight excluding hydrogens is 308 g/mol. The van der Waals surface area contributed by atoms with Gasteiger partial charge in [-0.2, -0.15) is 0 Å². The number of piperidine rings is 1. The molecule has 1 aromatic carbocycles. The zero-order chi connectivity index (χ0) is 18.0. The van der Waals surface area contributed by atoms with E-state index in [4.69, 9.17) is 5.73 Å². The van der Waals surface area contributed by atoms with Gasteiger partial charge >= 0.3 is 0 Å². The van der Waals surface area contributed by atoms with E-state index >= 15 is 0 Å². The predicted molar refractivity (Wildman–Crippen MR) is 107 cm³/mol. The maximum absolute atomic E-state index is 10.5. The minimum Gasteiger partial charge on any atom is -0.378 e. The first-order valence-electron chi connectivity index (χ1n) is 10.4. The highest BCUT2D eigenvalue weighted by atomic mass is 16.3. The molecule has 1 unspecified atom stereocenters. The summed E-state index contributed by atoms with van der Waals surface area (Å²) < 4.78 is 0. The molecule has 0 saturated carbocycles. The molecule has 2 rings (SSSR count). The first-order valence-corrected chi connectivity index (χ1v) is 10.4. The number of hydrogen-bond acceptors (Lipinski definition) is 3. The standard InChI is InChI=1S/C22H38N2O/c1-2-3-4-5-6-7-11-14-21(25)24-17-15-22(19-23,16-18-24)20-12-9-8-10-13-20/h8-10,12-13,21,25H,2-7,11,14-19,23H2,1H3. The van der Waals surface area contributed by atoms with Crippen molar-refractivity contribution in [1.82, 2.24) is 4.90 Å². The average molecular weight is 347 g/mol. The normalized spacial score (nSPS) is 19.0. The van der Waals surface area contributed by atoms with Crippen LogP contribution in [0.5, 0.6) is 0 Å². The van der Waals surface area contributed by atoms with E-state index in [1.807, 2.05) is 0 Å². The van der Waals surface area contributed by atoms with Crippen molar-refractivity contribution < 1.29 is 5.11 Å². The van der Waals surface area contributed by atoms with Gasteiger partial charge in [-0.15, -0.1) is 0 Å². The maximum atomic E-state index is 10.5. The number of hydrogen-bond donors (Lipinski definition) is 2. The third-order valence-electron chi connectivity index (χ3n) is 6.02. The van der Waals surface area contributed by atoms with Crippen molar-refractivity contribution >= 4 is 0 Å². The zero-order valence-corrected chi connectivity index (χ0v) is 16.1. The quantitative estimate of drug-likeness (QED) is 0.582. The molecule has 3 heteroatoms. The van der Waals surface area contributed by atoms with Crippen LogP contribution in [0.25, 0.3) is 0 Å². The van der Waals surface area contributed by atoms with E-state index < -0.39 is 0 Å². The van der Waals surface area contributed by atoms with Crippen LogP contribution in [0.15, 0.2) is 30.3 Å². The van der Waals surface area contributed by atoms with Gasteiger partial charge in [0.2, 0.25) is 0 Å². The van der Waals surface area contributed by atoms with Crippen molar-refractivity contribution in [3.63, 3.8) is 0 Å². The number of likely N-dealkylation sites (tertiary alicyclic amines) is 1. The summed E-state index contributed by atoms with van der Waals surface area (Å²) in [5.41, 5.74) is 7.61. The smallest absolute Gasteiger partial charge is 0.107 e. The molecule has 142 valence electrons. The van der Waals surface area contributed by atoms with Gasteiger partial charge in [0.05, 0.1) is 0 Å². The van der Waals surface area contributed by atoms with Crippen molar-refractivity contribution in [2.24, 2.45) is 5.73 Å². The van der Waals surface area contributed by atoms with Gasteiger partial charge in [-0.05, 0) is 31.2 Å². The van der Waals surface area contributed by atoms with Crippen LogP contribution in [-0.2, 0) is 5.41 Å². The molecule has 1 aliphatic heterocycles. The van der Waals surface area contributed by atoms with Gasteiger partial charge in [0.25, 0.3) is 0 Å². The van der Waals surface area contributed by atoms with E-state index in [0.717, 1.165) is 38.8 Å². The second kappa shape index (κ2) is 10.9. The third kappa shape index (κ3) is 6.09. The Balaban J connectivity index is 1.70. The van der Waals surface area contributed by atoms with Crippen LogP contribution in [0.4, 0.5) is 0 Å². The Bertz CT molecular complexity index is 454. The molecule has 3 N–H and O–H groups in total. The summed E-state index contributed by atoms with van der Waals surface area (Å²) in [7, 11) is 0. The average Bonchev–Trinajstić information content (AvgIpc) is 2.68. The van der Waals surface area contributed by atoms with Crippen LogP contribution in [0.3, 0.4) is 0 Å². The molecule has 0 radical (unpaired) electrons. The highest BCUT2D eigenvalue weighted by Gasteiger charge is 2.36. The fourth-order valence-corrected chi connectivity index (χ4v) is 4.12. The molecule has 3 nitrogen and oxygen atoms in total. The number of rotatable bonds is 11. The van der Waals surface area contributed by atoms with Gasteiger partial charge < -0.3 is 10.8 Å². The molecule has 1 aliphatic rings. The summed E-state index contributed by atoms with van der Waals surface area (Å²) in [6, 6.07) is 10.7. The fraction of sp³-hybridized carbons (Fsp3) is 0.727. The maximum Gasteiger partial charge on any atom is 0.107 e. The molecule has 1 heterocycles. The number of nitrogens with zero attached hydrogens (tertiary/aromatic N) is 1. The summed E-state index contributed by atoms with van der Waals surface area (Å²) in [6.07, 6.45) is 11.8. The Labute approximate surface area is 154 Å². The summed E-state index contributed by atoms with van der Waals surface area (Å²) in [5.74, 6) is 0. The van der Waals surface area contributed by atoms with E-state index in [9.17, 15) is 5.11 Å². The lowest BCUT2D eigenvalue weighted by molar-refractivity contribution is -0.0272. The Morgan fingerprint density at radius 1 is 1.00 bits per heavy atom. The van der Waals surface area contributed by atoms with Crippen LogP contribution >= 0.6 is 0 Å². The lowest BCUT2D eigenvalue weighted by Gasteiger charge is -2.43. The Hall–Kier alpha value is -0.900. The first-order chi connectivity index (χ1) is 12.2. The number of aliphatic hydroxyl groups is 1. The van der Waals surface area contributed by atoms with E-state index in [-0.39, 0.29) is 11.6 Å². The van der Waals surface area contributed by atoms with Gasteiger partial charge in [-0.3, -0.25) is 4.90 Å². The minimum absolute atomic E-state index is 0.0940. The molecule has 1 fully saturated rings. The number of unbranched alkanes of at least 4 members (excludes halogenated alkanes) is 6. The lowest BCUT2D eigenvalue weighted by atomic mass is 9.73. The van der Waals surface area contributed by atoms with Crippen molar-refractivity contribution in [2.75, 3.05) is 19.6 Å². The molecule has 1 atom stereocenters. The first kappa shape index (κ1) is 20.4. The second-order valence-electron chi connectivity index (χ2n) is 7.78. The molecular formula is C22H38N2O. The topological polar surface area (TPSA) is 49.5 Å². The molecule has 0 bridgehead atoms. The van der Waals surface area contributed by atoms with Gasteiger partial charge in [0.15, 0.2) is 0 Å². The summed E-state index contributed by atoms with van der Waals surface area (Å²) in [4.78, 5) is 2.26. The molecule has 0 spiro atoms. The van der Waals surface area contributed by atoms with Crippen molar-refractivity contribution in [2.45, 2.75) is 82.8 Å². The van der Waals surface area contributed by atoms with Crippen LogP contribution in [0, 0.1) is 0 Å². The van der Waals surface area contributed by atoms with E-state index in [0.29, 0.717) is 6.54 Å². The molecule has 1 saturated heterocycles. The van der Waals surface area contributed by atoms with Crippen molar-refractivity contribution in [3.05, 3.63) is 35.9 Å². The van der Waals surface area contributed by atoms with Crippen LogP contribution < -0.4 is 5.73 Å². The van der Waals surface area contributed by atoms with Crippen LogP contribution in [-0.4, -0.2) is 35.9 Å². The lowest BCUT2D eigenvalue weighted by Crippen LogP contribution is -2.49. The Kier molecular flexibility index (Phi) is 8.94. The Morgan fingerprint density at radius 2 is 1.60 bits per heavy atom. The molecule has 0 amide bonds. The number of nitrogens with two attached hydrogens (primary N) is 1. The monoisotopic (exact) mass is 346 g/mol. The van der Waals surface area contributed by atoms with E-state index in [1.54, 1.807) is 0 Å². The third-order valence-corrected chi connectivity index (χ3v) is 6.02. The SMILES string of the molecule is CCCCCCCCCC(O)N1CCC(CN)(c2ccccc2)CC1. The predicted octanol–water partition coefficient (Wildman–Crippen LogP) is 4.44. The van der Waals surface area contributed by atoms with Crippen LogP contribution in [0.2, 0.25) is 0 Å². The zero-order valence-electron chi connectivity index (χ0n) is 16.1. The van der Waals surface area contributed by atoms with Gasteiger partial charge in [0.1, 0.15) is 6.23 Å². The van der Waals surface area contributed by atoms with E-state index in [2.05, 4.69) is 42.2 Å². The molecule has 25 heavy (non-hydrogen) atoms. The summed E-state index contributed by atoms with van der Waals surface area (Å²) in [6.45, 7) is 4.85. The summed E-state index contributed by atoms with van der Waals surface area (Å²) in [5, 5.41) is 10.5. The molecule has 0 aromatic heterocycles. The highest BCUT2D eigenvalue weighted by Crippen LogP contribution is 2.35. The van der Waals surface area contributed by atoms with Gasteiger partial charge in [-0.1, -0.05) is 75.8 Å². The van der Waals surface area contributed by atoms with Crippen molar-refractivity contribution in [1.29, 1.82) is 0 Å². The highest BCUT2D eigenvalue weighted by molar-refractivity contribution is 5.26. The van der Waals surface area contributed by atoms with Gasteiger partial charge in [-0.25, -0.2) is 0 Å². The number of benzene rings is 1. The Morgan fingerprint density at radius 3 is 2.20 bits per heavy atom. The number of aliphatic hydroxyl groups excluding tert-OH is 1. The summed E-state index contributed by atoms with van der Waals surface area (Å²) >= 11 is 0. The van der Waals surface area contributed by atoms with E-state index in [1.165, 1.54) is 44.1 Å². The van der Waals surface area contributed by atoms with Crippen LogP contribution in [0.1, 0.15) is 76.7 Å². The fourth-order valence-electron chi connectivity index (χ4n) is 4.12. The molecule has 0 aliphatic carbocycles. The molecule has 1 aromatic rings.